The summed E-state index contributed by atoms with van der Waals surface area (Å²) >= 11 is 0. The van der Waals surface area contributed by atoms with Crippen LogP contribution in [0.2, 0.25) is 0 Å². The fourth-order valence-corrected chi connectivity index (χ4v) is 3.07. The van der Waals surface area contributed by atoms with Gasteiger partial charge in [0.15, 0.2) is 0 Å². The van der Waals surface area contributed by atoms with Crippen LogP contribution in [-0.2, 0) is 22.4 Å². The van der Waals surface area contributed by atoms with E-state index in [1.165, 1.54) is 0 Å². The number of hydrogen-bond donors (Lipinski definition) is 2. The summed E-state index contributed by atoms with van der Waals surface area (Å²) in [6.45, 7) is 0.223. The second-order valence-electron chi connectivity index (χ2n) is 6.88. The van der Waals surface area contributed by atoms with Gasteiger partial charge in [-0.25, -0.2) is 0 Å². The lowest BCUT2D eigenvalue weighted by Crippen LogP contribution is -2.39. The molecule has 25 heavy (non-hydrogen) atoms. The van der Waals surface area contributed by atoms with Crippen molar-refractivity contribution < 1.29 is 14.7 Å². The van der Waals surface area contributed by atoms with E-state index in [4.69, 9.17) is 0 Å². The molecule has 1 aliphatic rings. The number of aliphatic carboxylic acids is 1. The molecule has 0 unspecified atom stereocenters. The van der Waals surface area contributed by atoms with Crippen LogP contribution in [0.15, 0.2) is 60.7 Å². The topological polar surface area (TPSA) is 66.4 Å². The normalized spacial score (nSPS) is 14.9. The third-order valence-corrected chi connectivity index (χ3v) is 4.93. The van der Waals surface area contributed by atoms with E-state index >= 15 is 0 Å². The zero-order valence-corrected chi connectivity index (χ0v) is 14.2. The first-order chi connectivity index (χ1) is 12.1. The number of benzene rings is 2. The molecule has 0 aliphatic heterocycles. The van der Waals surface area contributed by atoms with Gasteiger partial charge in [0.25, 0.3) is 0 Å². The zero-order valence-electron chi connectivity index (χ0n) is 14.2. The molecule has 1 amide bonds. The third-order valence-electron chi connectivity index (χ3n) is 4.93. The van der Waals surface area contributed by atoms with Crippen molar-refractivity contribution in [2.45, 2.75) is 25.7 Å². The van der Waals surface area contributed by atoms with E-state index < -0.39 is 11.4 Å². The summed E-state index contributed by atoms with van der Waals surface area (Å²) in [5.74, 6) is -1.09. The molecule has 0 spiro atoms. The predicted octanol–water partition coefficient (Wildman–Crippen LogP) is 3.07. The minimum absolute atomic E-state index is 0.0692. The van der Waals surface area contributed by atoms with Gasteiger partial charge in [-0.3, -0.25) is 9.59 Å². The van der Waals surface area contributed by atoms with Crippen molar-refractivity contribution in [2.24, 2.45) is 11.3 Å². The van der Waals surface area contributed by atoms with Crippen molar-refractivity contribution in [1.82, 2.24) is 5.32 Å². The molecule has 0 aromatic heterocycles. The van der Waals surface area contributed by atoms with E-state index in [2.05, 4.69) is 5.32 Å². The van der Waals surface area contributed by atoms with Crippen LogP contribution in [0.5, 0.6) is 0 Å². The Morgan fingerprint density at radius 1 is 0.920 bits per heavy atom. The second kappa shape index (κ2) is 7.51. The highest BCUT2D eigenvalue weighted by Gasteiger charge is 2.50. The van der Waals surface area contributed by atoms with Crippen LogP contribution in [0.1, 0.15) is 24.0 Å². The van der Waals surface area contributed by atoms with Gasteiger partial charge in [-0.05, 0) is 36.8 Å². The van der Waals surface area contributed by atoms with Gasteiger partial charge in [0.05, 0.1) is 5.41 Å². The summed E-state index contributed by atoms with van der Waals surface area (Å²) in [7, 11) is 0. The number of carboxylic acid groups (broad SMARTS) is 1. The van der Waals surface area contributed by atoms with E-state index in [0.29, 0.717) is 25.7 Å². The summed E-state index contributed by atoms with van der Waals surface area (Å²) in [5.41, 5.74) is 1.48. The number of amides is 1. The lowest BCUT2D eigenvalue weighted by molar-refractivity contribution is -0.143. The van der Waals surface area contributed by atoms with E-state index in [0.717, 1.165) is 11.1 Å². The molecule has 1 aliphatic carbocycles. The number of hydrogen-bond acceptors (Lipinski definition) is 2. The van der Waals surface area contributed by atoms with E-state index in [-0.39, 0.29) is 18.4 Å². The minimum Gasteiger partial charge on any atom is -0.481 e. The van der Waals surface area contributed by atoms with Crippen LogP contribution in [0.25, 0.3) is 0 Å². The molecular formula is C21H23NO3. The van der Waals surface area contributed by atoms with Crippen molar-refractivity contribution in [3.63, 3.8) is 0 Å². The smallest absolute Gasteiger partial charge is 0.311 e. The molecule has 0 radical (unpaired) electrons. The van der Waals surface area contributed by atoms with E-state index in [1.54, 1.807) is 0 Å². The van der Waals surface area contributed by atoms with Gasteiger partial charge >= 0.3 is 5.97 Å². The van der Waals surface area contributed by atoms with Crippen LogP contribution in [0.4, 0.5) is 0 Å². The van der Waals surface area contributed by atoms with E-state index in [9.17, 15) is 14.7 Å². The fourth-order valence-electron chi connectivity index (χ4n) is 3.07. The highest BCUT2D eigenvalue weighted by molar-refractivity contribution is 5.82. The quantitative estimate of drug-likeness (QED) is 0.778. The van der Waals surface area contributed by atoms with Gasteiger partial charge in [0, 0.05) is 12.5 Å². The average molecular weight is 337 g/mol. The summed E-state index contributed by atoms with van der Waals surface area (Å²) < 4.78 is 0. The Balaban J connectivity index is 1.68. The maximum atomic E-state index is 12.7. The molecule has 130 valence electrons. The van der Waals surface area contributed by atoms with E-state index in [1.807, 2.05) is 60.7 Å². The molecule has 3 rings (SSSR count). The first kappa shape index (κ1) is 17.2. The van der Waals surface area contributed by atoms with Crippen LogP contribution in [0.3, 0.4) is 0 Å². The highest BCUT2D eigenvalue weighted by Crippen LogP contribution is 2.45. The average Bonchev–Trinajstić information content (AvgIpc) is 3.42. The molecule has 0 heterocycles. The molecular weight excluding hydrogens is 314 g/mol. The summed E-state index contributed by atoms with van der Waals surface area (Å²) in [4.78, 5) is 24.0. The van der Waals surface area contributed by atoms with Gasteiger partial charge in [-0.15, -0.1) is 0 Å². The standard InChI is InChI=1S/C21H23NO3/c23-19(22-15-21(11-12-21)20(24)25)18(13-16-7-3-1-4-8-16)14-17-9-5-2-6-10-17/h1-10,18H,11-15H2,(H,22,23)(H,24,25). The predicted molar refractivity (Wildman–Crippen MR) is 96.1 cm³/mol. The Bertz CT molecular complexity index is 682. The molecule has 0 saturated heterocycles. The summed E-state index contributed by atoms with van der Waals surface area (Å²) in [6, 6.07) is 19.9. The fraction of sp³-hybridized carbons (Fsp3) is 0.333. The molecule has 2 N–H and O–H groups in total. The lowest BCUT2D eigenvalue weighted by Gasteiger charge is -2.19. The first-order valence-electron chi connectivity index (χ1n) is 8.68. The Morgan fingerprint density at radius 2 is 1.40 bits per heavy atom. The van der Waals surface area contributed by atoms with Crippen molar-refractivity contribution in [3.8, 4) is 0 Å². The number of carbonyl (C=O) groups is 2. The lowest BCUT2D eigenvalue weighted by atomic mass is 9.91. The Labute approximate surface area is 147 Å². The largest absolute Gasteiger partial charge is 0.481 e. The Morgan fingerprint density at radius 3 is 1.80 bits per heavy atom. The molecule has 0 atom stereocenters. The first-order valence-corrected chi connectivity index (χ1v) is 8.68. The van der Waals surface area contributed by atoms with Crippen LogP contribution in [0, 0.1) is 11.3 Å². The summed E-state index contributed by atoms with van der Waals surface area (Å²) in [6.07, 6.45) is 2.57. The SMILES string of the molecule is O=C(NCC1(C(=O)O)CC1)C(Cc1ccccc1)Cc1ccccc1. The van der Waals surface area contributed by atoms with Crippen LogP contribution >= 0.6 is 0 Å². The van der Waals surface area contributed by atoms with Gasteiger partial charge < -0.3 is 10.4 Å². The molecule has 1 saturated carbocycles. The monoisotopic (exact) mass is 337 g/mol. The Kier molecular flexibility index (Phi) is 5.17. The number of carboxylic acids is 1. The second-order valence-corrected chi connectivity index (χ2v) is 6.88. The highest BCUT2D eigenvalue weighted by atomic mass is 16.4. The van der Waals surface area contributed by atoms with Gasteiger partial charge in [0.2, 0.25) is 5.91 Å². The molecule has 0 bridgehead atoms. The maximum Gasteiger partial charge on any atom is 0.311 e. The summed E-state index contributed by atoms with van der Waals surface area (Å²) in [5, 5.41) is 12.2. The van der Waals surface area contributed by atoms with Gasteiger partial charge in [-0.2, -0.15) is 0 Å². The molecule has 4 nitrogen and oxygen atoms in total. The van der Waals surface area contributed by atoms with Gasteiger partial charge in [0.1, 0.15) is 0 Å². The van der Waals surface area contributed by atoms with Crippen LogP contribution < -0.4 is 5.32 Å². The molecule has 1 fully saturated rings. The van der Waals surface area contributed by atoms with Crippen molar-refractivity contribution in [3.05, 3.63) is 71.8 Å². The van der Waals surface area contributed by atoms with Crippen molar-refractivity contribution in [1.29, 1.82) is 0 Å². The minimum atomic E-state index is -0.810. The number of nitrogens with one attached hydrogen (secondary N) is 1. The van der Waals surface area contributed by atoms with Gasteiger partial charge in [-0.1, -0.05) is 60.7 Å². The number of rotatable bonds is 8. The Hall–Kier alpha value is -2.62. The molecule has 4 heteroatoms. The number of carbonyl (C=O) groups excluding carboxylic acids is 1. The molecule has 2 aromatic rings. The third kappa shape index (κ3) is 4.47. The molecule has 2 aromatic carbocycles. The van der Waals surface area contributed by atoms with Crippen molar-refractivity contribution >= 4 is 11.9 Å². The maximum absolute atomic E-state index is 12.7. The zero-order chi connectivity index (χ0) is 17.7. The van der Waals surface area contributed by atoms with Crippen molar-refractivity contribution in [2.75, 3.05) is 6.54 Å². The van der Waals surface area contributed by atoms with Crippen LogP contribution in [-0.4, -0.2) is 23.5 Å².